The number of thiazole rings is 1. The van der Waals surface area contributed by atoms with E-state index < -0.39 is 24.1 Å². The van der Waals surface area contributed by atoms with Gasteiger partial charge in [-0.3, -0.25) is 14.4 Å². The number of esters is 1. The Hall–Kier alpha value is -2.53. The van der Waals surface area contributed by atoms with E-state index in [1.807, 2.05) is 34.6 Å². The number of hydrogen-bond acceptors (Lipinski definition) is 8. The number of carboxylic acids is 1. The largest absolute Gasteiger partial charge is 0.476 e. The molecule has 0 radical (unpaired) electrons. The van der Waals surface area contributed by atoms with Crippen molar-refractivity contribution >= 4 is 35.1 Å². The van der Waals surface area contributed by atoms with Crippen LogP contribution in [0.4, 0.5) is 0 Å². The van der Waals surface area contributed by atoms with Gasteiger partial charge in [-0.05, 0) is 37.6 Å². The van der Waals surface area contributed by atoms with Gasteiger partial charge in [0.2, 0.25) is 11.8 Å². The van der Waals surface area contributed by atoms with Gasteiger partial charge in [-0.1, -0.05) is 47.5 Å². The lowest BCUT2D eigenvalue weighted by atomic mass is 9.92. The number of carbonyl (C=O) groups is 4. The van der Waals surface area contributed by atoms with Gasteiger partial charge < -0.3 is 25.4 Å². The smallest absolute Gasteiger partial charge is 0.355 e. The Labute approximate surface area is 229 Å². The molecule has 1 aromatic rings. The summed E-state index contributed by atoms with van der Waals surface area (Å²) in [5.74, 6) is -2.06. The summed E-state index contributed by atoms with van der Waals surface area (Å²) in [6, 6.07) is -1.32. The Balaban J connectivity index is 2.36. The molecule has 2 amide bonds. The molecule has 214 valence electrons. The fraction of sp³-hybridized carbons (Fsp3) is 0.741. The fourth-order valence-corrected chi connectivity index (χ4v) is 5.62. The molecular formula is C27H44N4O6S. The van der Waals surface area contributed by atoms with Gasteiger partial charge in [0.15, 0.2) is 11.8 Å². The number of rotatable bonds is 14. The van der Waals surface area contributed by atoms with Crippen LogP contribution >= 0.6 is 11.3 Å². The van der Waals surface area contributed by atoms with Gasteiger partial charge in [0.05, 0.1) is 6.04 Å². The van der Waals surface area contributed by atoms with Crippen LogP contribution in [0.15, 0.2) is 5.38 Å². The molecule has 1 aliphatic rings. The van der Waals surface area contributed by atoms with Crippen molar-refractivity contribution in [2.24, 2.45) is 11.8 Å². The highest BCUT2D eigenvalue weighted by Crippen LogP contribution is 2.31. The van der Waals surface area contributed by atoms with Crippen LogP contribution in [0.1, 0.15) is 102 Å². The lowest BCUT2D eigenvalue weighted by Crippen LogP contribution is -2.58. The summed E-state index contributed by atoms with van der Waals surface area (Å²) < 4.78 is 5.59. The monoisotopic (exact) mass is 552 g/mol. The van der Waals surface area contributed by atoms with E-state index in [0.29, 0.717) is 24.4 Å². The summed E-state index contributed by atoms with van der Waals surface area (Å²) in [6.07, 6.45) is 3.65. The number of ether oxygens (including phenoxy) is 1. The number of carboxylic acid groups (broad SMARTS) is 1. The van der Waals surface area contributed by atoms with E-state index in [1.165, 1.54) is 12.3 Å². The number of aromatic nitrogens is 1. The lowest BCUT2D eigenvalue weighted by molar-refractivity contribution is -0.149. The Morgan fingerprint density at radius 3 is 2.45 bits per heavy atom. The highest BCUT2D eigenvalue weighted by molar-refractivity contribution is 7.09. The van der Waals surface area contributed by atoms with Gasteiger partial charge in [0, 0.05) is 31.3 Å². The maximum atomic E-state index is 14.1. The second-order valence-electron chi connectivity index (χ2n) is 10.4. The second kappa shape index (κ2) is 15.2. The summed E-state index contributed by atoms with van der Waals surface area (Å²) in [5, 5.41) is 17.4. The minimum Gasteiger partial charge on any atom is -0.476 e. The number of carbonyl (C=O) groups excluding carboxylic acids is 3. The summed E-state index contributed by atoms with van der Waals surface area (Å²) in [4.78, 5) is 56.5. The zero-order valence-electron chi connectivity index (χ0n) is 23.5. The summed E-state index contributed by atoms with van der Waals surface area (Å²) in [6.45, 7) is 12.5. The topological polar surface area (TPSA) is 138 Å². The highest BCUT2D eigenvalue weighted by atomic mass is 32.1. The Morgan fingerprint density at radius 2 is 1.95 bits per heavy atom. The SMILES string of the molecule is CCCN(C(=O)[C@@H](NC(=O)[C@H]1CCCCN1)[C@@H](C)CC)[C@H](C[C@@H](OC(C)=O)c1nc(C(=O)O)cs1)C(C)C. The van der Waals surface area contributed by atoms with Crippen LogP contribution in [0.3, 0.4) is 0 Å². The number of amides is 2. The first-order valence-corrected chi connectivity index (χ1v) is 14.6. The molecule has 1 fully saturated rings. The maximum absolute atomic E-state index is 14.1. The number of nitrogens with zero attached hydrogens (tertiary/aromatic N) is 2. The molecular weight excluding hydrogens is 508 g/mol. The Morgan fingerprint density at radius 1 is 1.24 bits per heavy atom. The van der Waals surface area contributed by atoms with Crippen LogP contribution < -0.4 is 10.6 Å². The van der Waals surface area contributed by atoms with Crippen molar-refractivity contribution < 1.29 is 29.0 Å². The van der Waals surface area contributed by atoms with Crippen LogP contribution in [0, 0.1) is 11.8 Å². The van der Waals surface area contributed by atoms with Crippen molar-refractivity contribution in [1.29, 1.82) is 0 Å². The molecule has 0 unspecified atom stereocenters. The quantitative estimate of drug-likeness (QED) is 0.297. The van der Waals surface area contributed by atoms with Gasteiger partial charge >= 0.3 is 11.9 Å². The van der Waals surface area contributed by atoms with Crippen LogP contribution in [-0.2, 0) is 19.1 Å². The molecule has 0 spiro atoms. The van der Waals surface area contributed by atoms with Crippen LogP contribution in [-0.4, -0.2) is 70.0 Å². The van der Waals surface area contributed by atoms with E-state index in [2.05, 4.69) is 15.6 Å². The molecule has 11 heteroatoms. The third kappa shape index (κ3) is 8.76. The number of nitrogens with one attached hydrogen (secondary N) is 2. The zero-order chi connectivity index (χ0) is 28.4. The maximum Gasteiger partial charge on any atom is 0.355 e. The molecule has 1 saturated heterocycles. The molecule has 5 atom stereocenters. The normalized spacial score (nSPS) is 18.8. The average Bonchev–Trinajstić information content (AvgIpc) is 3.38. The van der Waals surface area contributed by atoms with Crippen molar-refractivity contribution in [2.45, 2.75) is 104 Å². The van der Waals surface area contributed by atoms with E-state index >= 15 is 0 Å². The molecule has 1 aliphatic heterocycles. The number of hydrogen-bond donors (Lipinski definition) is 3. The molecule has 0 saturated carbocycles. The van der Waals surface area contributed by atoms with Gasteiger partial charge in [0.1, 0.15) is 11.0 Å². The van der Waals surface area contributed by atoms with Gasteiger partial charge in [-0.2, -0.15) is 0 Å². The lowest BCUT2D eigenvalue weighted by Gasteiger charge is -2.39. The summed E-state index contributed by atoms with van der Waals surface area (Å²) in [5.41, 5.74) is -0.111. The van der Waals surface area contributed by atoms with Gasteiger partial charge in [0.25, 0.3) is 0 Å². The second-order valence-corrected chi connectivity index (χ2v) is 11.3. The first kappa shape index (κ1) is 31.7. The van der Waals surface area contributed by atoms with E-state index in [4.69, 9.17) is 4.74 Å². The van der Waals surface area contributed by atoms with Gasteiger partial charge in [-0.15, -0.1) is 11.3 Å². The molecule has 0 bridgehead atoms. The molecule has 2 heterocycles. The molecule has 3 N–H and O–H groups in total. The van der Waals surface area contributed by atoms with Crippen molar-refractivity contribution in [3.05, 3.63) is 16.1 Å². The molecule has 0 aromatic carbocycles. The summed E-state index contributed by atoms with van der Waals surface area (Å²) in [7, 11) is 0. The molecule has 1 aromatic heterocycles. The highest BCUT2D eigenvalue weighted by Gasteiger charge is 2.37. The van der Waals surface area contributed by atoms with E-state index in [1.54, 1.807) is 4.90 Å². The molecule has 0 aliphatic carbocycles. The predicted octanol–water partition coefficient (Wildman–Crippen LogP) is 3.77. The van der Waals surface area contributed by atoms with Crippen molar-refractivity contribution in [2.75, 3.05) is 13.1 Å². The first-order valence-electron chi connectivity index (χ1n) is 13.7. The van der Waals surface area contributed by atoms with Crippen LogP contribution in [0.2, 0.25) is 0 Å². The van der Waals surface area contributed by atoms with E-state index in [-0.39, 0.29) is 47.8 Å². The van der Waals surface area contributed by atoms with E-state index in [0.717, 1.165) is 37.1 Å². The van der Waals surface area contributed by atoms with Crippen LogP contribution in [0.25, 0.3) is 0 Å². The number of aromatic carboxylic acids is 1. The van der Waals surface area contributed by atoms with Crippen molar-refractivity contribution in [1.82, 2.24) is 20.5 Å². The third-order valence-corrected chi connectivity index (χ3v) is 8.04. The van der Waals surface area contributed by atoms with E-state index in [9.17, 15) is 24.3 Å². The standard InChI is InChI=1S/C27H44N4O6S/c1-7-13-31(26(34)23(17(5)8-2)30-24(33)19-11-9-10-12-28-19)21(16(3)4)14-22(37-18(6)32)25-29-20(15-38-25)27(35)36/h15-17,19,21-23,28H,7-14H2,1-6H3,(H,30,33)(H,35,36)/t17-,19+,21+,22+,23-/m0/s1. The zero-order valence-corrected chi connectivity index (χ0v) is 24.3. The minimum absolute atomic E-state index is 0.00393. The minimum atomic E-state index is -1.16. The van der Waals surface area contributed by atoms with Crippen molar-refractivity contribution in [3.8, 4) is 0 Å². The first-order chi connectivity index (χ1) is 18.0. The molecule has 2 rings (SSSR count). The van der Waals surface area contributed by atoms with Crippen molar-refractivity contribution in [3.63, 3.8) is 0 Å². The Kier molecular flexibility index (Phi) is 12.6. The van der Waals surface area contributed by atoms with Crippen LogP contribution in [0.5, 0.6) is 0 Å². The third-order valence-electron chi connectivity index (χ3n) is 7.10. The van der Waals surface area contributed by atoms with Gasteiger partial charge in [-0.25, -0.2) is 9.78 Å². The molecule has 38 heavy (non-hydrogen) atoms. The Bertz CT molecular complexity index is 946. The molecule has 10 nitrogen and oxygen atoms in total. The predicted molar refractivity (Wildman–Crippen MR) is 146 cm³/mol. The summed E-state index contributed by atoms with van der Waals surface area (Å²) >= 11 is 1.12. The fourth-order valence-electron chi connectivity index (χ4n) is 4.78. The average molecular weight is 553 g/mol. The number of piperidine rings is 1.